The molecule has 0 aliphatic rings. The van der Waals surface area contributed by atoms with Crippen molar-refractivity contribution in [3.63, 3.8) is 0 Å². The Morgan fingerprint density at radius 2 is 2.00 bits per heavy atom. The van der Waals surface area contributed by atoms with Gasteiger partial charge in [-0.25, -0.2) is 0 Å². The Balaban J connectivity index is 1.55. The number of H-pyrrole nitrogens is 1. The van der Waals surface area contributed by atoms with Crippen molar-refractivity contribution in [2.24, 2.45) is 4.99 Å². The third kappa shape index (κ3) is 4.29. The Bertz CT molecular complexity index is 904. The normalized spacial score (nSPS) is 11.6. The largest absolute Gasteiger partial charge is 0.496 e. The van der Waals surface area contributed by atoms with Crippen molar-refractivity contribution >= 4 is 28.5 Å². The lowest BCUT2D eigenvalue weighted by molar-refractivity contribution is 0.409. The van der Waals surface area contributed by atoms with E-state index in [0.717, 1.165) is 46.2 Å². The minimum Gasteiger partial charge on any atom is -0.496 e. The van der Waals surface area contributed by atoms with E-state index in [4.69, 9.17) is 16.3 Å². The van der Waals surface area contributed by atoms with E-state index < -0.39 is 0 Å². The summed E-state index contributed by atoms with van der Waals surface area (Å²) >= 11 is 6.11. The highest BCUT2D eigenvalue weighted by Crippen LogP contribution is 2.22. The monoisotopic (exact) mass is 370 g/mol. The van der Waals surface area contributed by atoms with Gasteiger partial charge in [0.1, 0.15) is 5.75 Å². The fourth-order valence-corrected chi connectivity index (χ4v) is 3.09. The Hall–Kier alpha value is -2.66. The highest BCUT2D eigenvalue weighted by atomic mass is 35.5. The number of methoxy groups -OCH3 is 1. The zero-order valence-corrected chi connectivity index (χ0v) is 15.7. The molecule has 3 rings (SSSR count). The first-order valence-corrected chi connectivity index (χ1v) is 8.91. The molecule has 0 spiro atoms. The van der Waals surface area contributed by atoms with Gasteiger partial charge in [0.25, 0.3) is 0 Å². The molecule has 3 aromatic rings. The number of hydrogen-bond acceptors (Lipinski definition) is 2. The van der Waals surface area contributed by atoms with Gasteiger partial charge in [0.15, 0.2) is 5.96 Å². The van der Waals surface area contributed by atoms with E-state index in [1.807, 2.05) is 48.7 Å². The molecule has 0 aliphatic carbocycles. The van der Waals surface area contributed by atoms with Gasteiger partial charge in [0.05, 0.1) is 7.11 Å². The van der Waals surface area contributed by atoms with Crippen molar-refractivity contribution in [1.29, 1.82) is 0 Å². The van der Waals surface area contributed by atoms with Gasteiger partial charge in [-0.05, 0) is 36.2 Å². The van der Waals surface area contributed by atoms with Crippen molar-refractivity contribution in [3.05, 3.63) is 64.8 Å². The predicted octanol–water partition coefficient (Wildman–Crippen LogP) is 3.74. The summed E-state index contributed by atoms with van der Waals surface area (Å²) in [5.41, 5.74) is 3.42. The molecule has 0 aliphatic heterocycles. The van der Waals surface area contributed by atoms with Crippen LogP contribution >= 0.6 is 11.6 Å². The van der Waals surface area contributed by atoms with Crippen LogP contribution in [0.15, 0.2) is 53.7 Å². The van der Waals surface area contributed by atoms with E-state index in [9.17, 15) is 0 Å². The number of guanidine groups is 1. The third-order valence-electron chi connectivity index (χ3n) is 4.28. The molecule has 3 N–H and O–H groups in total. The number of benzene rings is 2. The van der Waals surface area contributed by atoms with Crippen LogP contribution in [0.5, 0.6) is 5.75 Å². The van der Waals surface area contributed by atoms with Crippen molar-refractivity contribution in [3.8, 4) is 5.75 Å². The Morgan fingerprint density at radius 3 is 2.81 bits per heavy atom. The van der Waals surface area contributed by atoms with Crippen LogP contribution < -0.4 is 15.4 Å². The summed E-state index contributed by atoms with van der Waals surface area (Å²) in [6.07, 6.45) is 2.91. The number of nitrogens with zero attached hydrogens (tertiary/aromatic N) is 1. The van der Waals surface area contributed by atoms with Crippen LogP contribution in [0.4, 0.5) is 0 Å². The van der Waals surface area contributed by atoms with Crippen molar-refractivity contribution in [2.75, 3.05) is 20.7 Å². The first kappa shape index (κ1) is 18.1. The summed E-state index contributed by atoms with van der Waals surface area (Å²) in [6, 6.07) is 13.8. The number of hydrogen-bond donors (Lipinski definition) is 3. The maximum atomic E-state index is 6.11. The predicted molar refractivity (Wildman–Crippen MR) is 108 cm³/mol. The smallest absolute Gasteiger partial charge is 0.191 e. The molecule has 26 heavy (non-hydrogen) atoms. The second-order valence-corrected chi connectivity index (χ2v) is 6.35. The van der Waals surface area contributed by atoms with E-state index in [-0.39, 0.29) is 0 Å². The van der Waals surface area contributed by atoms with Crippen molar-refractivity contribution < 1.29 is 4.74 Å². The molecule has 6 heteroatoms. The molecule has 0 saturated carbocycles. The Morgan fingerprint density at radius 1 is 1.15 bits per heavy atom. The quantitative estimate of drug-likeness (QED) is 0.457. The number of nitrogens with one attached hydrogen (secondary N) is 3. The molecule has 0 atom stereocenters. The standard InChI is InChI=1S/C20H23ClN4O/c1-22-20(25-13-15-5-3-4-6-19(15)26-2)23-10-9-14-12-24-18-8-7-16(21)11-17(14)18/h3-8,11-12,24H,9-10,13H2,1-2H3,(H2,22,23,25). The second-order valence-electron chi connectivity index (χ2n) is 5.92. The van der Waals surface area contributed by atoms with Crippen LogP contribution in [0.1, 0.15) is 11.1 Å². The van der Waals surface area contributed by atoms with Gasteiger partial charge in [0, 0.05) is 47.8 Å². The summed E-state index contributed by atoms with van der Waals surface area (Å²) in [5.74, 6) is 1.62. The van der Waals surface area contributed by atoms with Crippen LogP contribution in [0, 0.1) is 0 Å². The van der Waals surface area contributed by atoms with Gasteiger partial charge in [-0.15, -0.1) is 0 Å². The van der Waals surface area contributed by atoms with Crippen LogP contribution in [-0.2, 0) is 13.0 Å². The fourth-order valence-electron chi connectivity index (χ4n) is 2.92. The van der Waals surface area contributed by atoms with Crippen LogP contribution in [0.25, 0.3) is 10.9 Å². The molecule has 0 bridgehead atoms. The zero-order chi connectivity index (χ0) is 18.4. The average molecular weight is 371 g/mol. The highest BCUT2D eigenvalue weighted by molar-refractivity contribution is 6.31. The zero-order valence-electron chi connectivity index (χ0n) is 15.0. The molecule has 0 radical (unpaired) electrons. The molecular weight excluding hydrogens is 348 g/mol. The fraction of sp³-hybridized carbons (Fsp3) is 0.250. The number of halogens is 1. The van der Waals surface area contributed by atoms with E-state index in [2.05, 4.69) is 20.6 Å². The van der Waals surface area contributed by atoms with E-state index in [0.29, 0.717) is 6.54 Å². The van der Waals surface area contributed by atoms with Gasteiger partial charge in [-0.2, -0.15) is 0 Å². The molecule has 2 aromatic carbocycles. The van der Waals surface area contributed by atoms with Crippen molar-refractivity contribution in [1.82, 2.24) is 15.6 Å². The lowest BCUT2D eigenvalue weighted by Crippen LogP contribution is -2.37. The molecule has 5 nitrogen and oxygen atoms in total. The number of aromatic nitrogens is 1. The number of para-hydroxylation sites is 1. The number of aromatic amines is 1. The van der Waals surface area contributed by atoms with Gasteiger partial charge in [-0.3, -0.25) is 4.99 Å². The minimum atomic E-state index is 0.645. The summed E-state index contributed by atoms with van der Waals surface area (Å²) < 4.78 is 5.38. The van der Waals surface area contributed by atoms with Gasteiger partial charge >= 0.3 is 0 Å². The second kappa shape index (κ2) is 8.63. The number of ether oxygens (including phenoxy) is 1. The van der Waals surface area contributed by atoms with Gasteiger partial charge in [-0.1, -0.05) is 29.8 Å². The maximum Gasteiger partial charge on any atom is 0.191 e. The molecule has 0 unspecified atom stereocenters. The molecular formula is C20H23ClN4O. The average Bonchev–Trinajstić information content (AvgIpc) is 3.06. The van der Waals surface area contributed by atoms with Crippen LogP contribution in [0.3, 0.4) is 0 Å². The molecule has 0 saturated heterocycles. The first-order chi connectivity index (χ1) is 12.7. The van der Waals surface area contributed by atoms with E-state index >= 15 is 0 Å². The summed E-state index contributed by atoms with van der Waals surface area (Å²) in [6.45, 7) is 1.41. The first-order valence-electron chi connectivity index (χ1n) is 8.53. The molecule has 136 valence electrons. The van der Waals surface area contributed by atoms with Crippen LogP contribution in [0.2, 0.25) is 5.02 Å². The highest BCUT2D eigenvalue weighted by Gasteiger charge is 2.06. The summed E-state index contributed by atoms with van der Waals surface area (Å²) in [7, 11) is 3.45. The minimum absolute atomic E-state index is 0.645. The molecule has 0 amide bonds. The van der Waals surface area contributed by atoms with E-state index in [1.165, 1.54) is 5.56 Å². The third-order valence-corrected chi connectivity index (χ3v) is 4.51. The van der Waals surface area contributed by atoms with Crippen molar-refractivity contribution in [2.45, 2.75) is 13.0 Å². The number of rotatable bonds is 6. The molecule has 0 fully saturated rings. The Kier molecular flexibility index (Phi) is 6.02. The number of aliphatic imine (C=N–C) groups is 1. The summed E-state index contributed by atoms with van der Waals surface area (Å²) in [5, 5.41) is 8.58. The SMILES string of the molecule is CN=C(NCCc1c[nH]c2ccc(Cl)cc12)NCc1ccccc1OC. The van der Waals surface area contributed by atoms with Crippen LogP contribution in [-0.4, -0.2) is 31.6 Å². The van der Waals surface area contributed by atoms with Gasteiger partial charge < -0.3 is 20.4 Å². The molecule has 1 aromatic heterocycles. The van der Waals surface area contributed by atoms with E-state index in [1.54, 1.807) is 14.2 Å². The Labute approximate surface area is 158 Å². The summed E-state index contributed by atoms with van der Waals surface area (Å²) in [4.78, 5) is 7.56. The topological polar surface area (TPSA) is 61.4 Å². The van der Waals surface area contributed by atoms with Gasteiger partial charge in [0.2, 0.25) is 0 Å². The lowest BCUT2D eigenvalue weighted by atomic mass is 10.1. The lowest BCUT2D eigenvalue weighted by Gasteiger charge is -2.13. The maximum absolute atomic E-state index is 6.11. The number of fused-ring (bicyclic) bond motifs is 1. The molecule has 1 heterocycles.